The quantitative estimate of drug-likeness (QED) is 0.354. The fourth-order valence-electron chi connectivity index (χ4n) is 6.73. The van der Waals surface area contributed by atoms with Gasteiger partial charge in [-0.15, -0.1) is 0 Å². The van der Waals surface area contributed by atoms with Crippen molar-refractivity contribution in [2.24, 2.45) is 22.7 Å². The third-order valence-corrected chi connectivity index (χ3v) is 8.08. The maximum Gasteiger partial charge on any atom is 0.0178 e. The first-order valence-electron chi connectivity index (χ1n) is 13.6. The molecule has 2 saturated carbocycles. The van der Waals surface area contributed by atoms with E-state index in [-0.39, 0.29) is 52.0 Å². The number of likely N-dealkylation sites (tertiary alicyclic amines) is 2. The van der Waals surface area contributed by atoms with Gasteiger partial charge in [-0.05, 0) is 102 Å². The van der Waals surface area contributed by atoms with Gasteiger partial charge >= 0.3 is 0 Å². The standard InChI is InChI=1S/2C12H23N.2C2H6.7CH4/c2*1-9(2)11-12(5-6-12)7-8-13(11)10(3)4;2*1-2;;;;;;;/h2*9-11H,5-8H2,1-4H3;2*1-2H3;7*1H4. The molecule has 0 aromatic heterocycles. The Labute approximate surface area is 243 Å². The molecule has 2 unspecified atom stereocenters. The lowest BCUT2D eigenvalue weighted by Crippen LogP contribution is -2.41. The van der Waals surface area contributed by atoms with Gasteiger partial charge in [-0.3, -0.25) is 9.80 Å². The van der Waals surface area contributed by atoms with Crippen LogP contribution in [0.25, 0.3) is 0 Å². The molecule has 0 N–H and O–H groups in total. The fourth-order valence-corrected chi connectivity index (χ4v) is 6.73. The van der Waals surface area contributed by atoms with Crippen molar-refractivity contribution in [3.63, 3.8) is 0 Å². The minimum absolute atomic E-state index is 0. The van der Waals surface area contributed by atoms with E-state index in [1.807, 2.05) is 27.7 Å². The first kappa shape index (κ1) is 53.2. The Kier molecular flexibility index (Phi) is 32.7. The van der Waals surface area contributed by atoms with E-state index in [2.05, 4.69) is 65.2 Å². The molecule has 2 spiro atoms. The van der Waals surface area contributed by atoms with Crippen LogP contribution in [0.15, 0.2) is 0 Å². The molecule has 0 aromatic rings. The van der Waals surface area contributed by atoms with E-state index < -0.39 is 0 Å². The van der Waals surface area contributed by atoms with Gasteiger partial charge in [0, 0.05) is 24.2 Å². The highest BCUT2D eigenvalue weighted by molar-refractivity contribution is 5.10. The second kappa shape index (κ2) is 22.7. The third kappa shape index (κ3) is 12.3. The lowest BCUT2D eigenvalue weighted by Gasteiger charge is -2.34. The lowest BCUT2D eigenvalue weighted by atomic mass is 9.88. The molecular formula is C35H86N2. The van der Waals surface area contributed by atoms with Crippen LogP contribution in [-0.2, 0) is 0 Å². The minimum Gasteiger partial charge on any atom is -0.297 e. The molecule has 4 aliphatic rings. The molecule has 0 amide bonds. The van der Waals surface area contributed by atoms with E-state index in [0.29, 0.717) is 0 Å². The predicted octanol–water partition coefficient (Wildman–Crippen LogP) is 12.3. The minimum atomic E-state index is 0. The van der Waals surface area contributed by atoms with Gasteiger partial charge in [0.05, 0.1) is 0 Å². The van der Waals surface area contributed by atoms with Crippen LogP contribution in [0.1, 0.15) is 174 Å². The largest absolute Gasteiger partial charge is 0.297 e. The first-order valence-corrected chi connectivity index (χ1v) is 13.6. The first-order chi connectivity index (χ1) is 14.1. The highest BCUT2D eigenvalue weighted by Crippen LogP contribution is 2.60. The summed E-state index contributed by atoms with van der Waals surface area (Å²) in [4.78, 5) is 5.47. The molecule has 236 valence electrons. The summed E-state index contributed by atoms with van der Waals surface area (Å²) in [6.45, 7) is 29.6. The Bertz CT molecular complexity index is 428. The third-order valence-electron chi connectivity index (χ3n) is 8.08. The van der Waals surface area contributed by atoms with Crippen molar-refractivity contribution in [1.82, 2.24) is 9.80 Å². The maximum atomic E-state index is 2.73. The summed E-state index contributed by atoms with van der Waals surface area (Å²) >= 11 is 0. The van der Waals surface area contributed by atoms with Crippen molar-refractivity contribution in [3.05, 3.63) is 0 Å². The van der Waals surface area contributed by atoms with Gasteiger partial charge in [0.1, 0.15) is 0 Å². The summed E-state index contributed by atoms with van der Waals surface area (Å²) in [7, 11) is 0. The van der Waals surface area contributed by atoms with Crippen LogP contribution in [0.3, 0.4) is 0 Å². The monoisotopic (exact) mass is 535 g/mol. The Morgan fingerprint density at radius 1 is 0.432 bits per heavy atom. The van der Waals surface area contributed by atoms with Gasteiger partial charge in [-0.25, -0.2) is 0 Å². The van der Waals surface area contributed by atoms with Gasteiger partial charge in [0.2, 0.25) is 0 Å². The second-order valence-electron chi connectivity index (χ2n) is 11.3. The van der Waals surface area contributed by atoms with E-state index >= 15 is 0 Å². The molecule has 2 aliphatic carbocycles. The average molecular weight is 535 g/mol. The normalized spacial score (nSPS) is 23.0. The van der Waals surface area contributed by atoms with Crippen LogP contribution in [0, 0.1) is 22.7 Å². The van der Waals surface area contributed by atoms with Crippen LogP contribution >= 0.6 is 0 Å². The molecule has 0 radical (unpaired) electrons. The second-order valence-corrected chi connectivity index (χ2v) is 11.3. The molecule has 2 nitrogen and oxygen atoms in total. The van der Waals surface area contributed by atoms with Gasteiger partial charge in [-0.1, -0.05) is 107 Å². The van der Waals surface area contributed by atoms with Crippen LogP contribution in [0.2, 0.25) is 0 Å². The number of hydrogen-bond acceptors (Lipinski definition) is 2. The number of nitrogens with zero attached hydrogens (tertiary/aromatic N) is 2. The van der Waals surface area contributed by atoms with E-state index in [1.165, 1.54) is 51.6 Å². The molecule has 2 heterocycles. The highest BCUT2D eigenvalue weighted by atomic mass is 15.2. The SMILES string of the molecule is C.C.C.C.C.C.C.CC.CC.CC(C)C1N(C(C)C)CCC12CC2.CC(C)C1N(C(C)C)CCC12CC2. The smallest absolute Gasteiger partial charge is 0.0178 e. The van der Waals surface area contributed by atoms with Crippen LogP contribution in [-0.4, -0.2) is 47.1 Å². The zero-order chi connectivity index (χ0) is 23.3. The summed E-state index contributed by atoms with van der Waals surface area (Å²) in [5, 5.41) is 0. The van der Waals surface area contributed by atoms with Crippen LogP contribution < -0.4 is 0 Å². The molecule has 4 rings (SSSR count). The Hall–Kier alpha value is -0.0800. The Morgan fingerprint density at radius 2 is 0.649 bits per heavy atom. The van der Waals surface area contributed by atoms with Crippen molar-refractivity contribution in [3.8, 4) is 0 Å². The molecular weight excluding hydrogens is 448 g/mol. The predicted molar refractivity (Wildman–Crippen MR) is 183 cm³/mol. The Morgan fingerprint density at radius 3 is 0.784 bits per heavy atom. The van der Waals surface area contributed by atoms with Gasteiger partial charge < -0.3 is 0 Å². The average Bonchev–Trinajstić information content (AvgIpc) is 3.55. The molecule has 4 fully saturated rings. The molecule has 2 heteroatoms. The van der Waals surface area contributed by atoms with Crippen molar-refractivity contribution >= 4 is 0 Å². The lowest BCUT2D eigenvalue weighted by molar-refractivity contribution is 0.133. The Balaban J connectivity index is -0.0000000734. The summed E-state index contributed by atoms with van der Waals surface area (Å²) in [5.74, 6) is 1.68. The van der Waals surface area contributed by atoms with Crippen molar-refractivity contribution in [2.45, 2.75) is 198 Å². The van der Waals surface area contributed by atoms with Crippen molar-refractivity contribution < 1.29 is 0 Å². The summed E-state index contributed by atoms with van der Waals surface area (Å²) < 4.78 is 0. The highest BCUT2D eigenvalue weighted by Gasteiger charge is 2.57. The molecule has 2 atom stereocenters. The van der Waals surface area contributed by atoms with Gasteiger partial charge in [0.25, 0.3) is 0 Å². The zero-order valence-corrected chi connectivity index (χ0v) is 23.0. The van der Waals surface area contributed by atoms with Crippen LogP contribution in [0.4, 0.5) is 0 Å². The van der Waals surface area contributed by atoms with Crippen LogP contribution in [0.5, 0.6) is 0 Å². The van der Waals surface area contributed by atoms with E-state index in [1.54, 1.807) is 0 Å². The molecule has 0 aromatic carbocycles. The van der Waals surface area contributed by atoms with E-state index in [9.17, 15) is 0 Å². The fraction of sp³-hybridized carbons (Fsp3) is 1.00. The van der Waals surface area contributed by atoms with Crippen molar-refractivity contribution in [1.29, 1.82) is 0 Å². The summed E-state index contributed by atoms with van der Waals surface area (Å²) in [5.41, 5.74) is 1.52. The zero-order valence-electron chi connectivity index (χ0n) is 23.0. The van der Waals surface area contributed by atoms with Gasteiger partial charge in [-0.2, -0.15) is 0 Å². The topological polar surface area (TPSA) is 6.48 Å². The summed E-state index contributed by atoms with van der Waals surface area (Å²) in [6.07, 6.45) is 8.93. The summed E-state index contributed by atoms with van der Waals surface area (Å²) in [6, 6.07) is 3.25. The number of rotatable bonds is 4. The molecule has 2 saturated heterocycles. The molecule has 0 bridgehead atoms. The molecule has 37 heavy (non-hydrogen) atoms. The van der Waals surface area contributed by atoms with Gasteiger partial charge in [0.15, 0.2) is 0 Å². The van der Waals surface area contributed by atoms with E-state index in [0.717, 1.165) is 46.8 Å². The van der Waals surface area contributed by atoms with E-state index in [4.69, 9.17) is 0 Å². The maximum absolute atomic E-state index is 2.73. The number of hydrogen-bond donors (Lipinski definition) is 0. The molecule has 2 aliphatic heterocycles. The van der Waals surface area contributed by atoms with Crippen molar-refractivity contribution in [2.75, 3.05) is 13.1 Å².